The van der Waals surface area contributed by atoms with Gasteiger partial charge in [-0.15, -0.1) is 0 Å². The molecule has 1 atom stereocenters. The third-order valence-corrected chi connectivity index (χ3v) is 3.05. The van der Waals surface area contributed by atoms with Crippen LogP contribution in [0.15, 0.2) is 54.6 Å². The van der Waals surface area contributed by atoms with Gasteiger partial charge in [-0.3, -0.25) is 0 Å². The number of halogens is 1. The van der Waals surface area contributed by atoms with Crippen molar-refractivity contribution < 1.29 is 4.39 Å². The van der Waals surface area contributed by atoms with E-state index >= 15 is 0 Å². The topological polar surface area (TPSA) is 0 Å². The molecule has 0 bridgehead atoms. The second-order valence-corrected chi connectivity index (χ2v) is 4.68. The van der Waals surface area contributed by atoms with E-state index in [2.05, 4.69) is 26.0 Å². The zero-order valence-corrected chi connectivity index (χ0v) is 10.2. The van der Waals surface area contributed by atoms with Crippen LogP contribution in [0.4, 0.5) is 4.39 Å². The summed E-state index contributed by atoms with van der Waals surface area (Å²) in [4.78, 5) is 0. The van der Waals surface area contributed by atoms with Crippen LogP contribution in [0.3, 0.4) is 0 Å². The monoisotopic (exact) mass is 228 g/mol. The van der Waals surface area contributed by atoms with Crippen molar-refractivity contribution in [2.24, 2.45) is 5.92 Å². The molecule has 0 N–H and O–H groups in total. The Hall–Kier alpha value is -1.63. The van der Waals surface area contributed by atoms with Crippen molar-refractivity contribution in [1.29, 1.82) is 0 Å². The summed E-state index contributed by atoms with van der Waals surface area (Å²) in [5, 5.41) is 0. The maximum atomic E-state index is 13.0. The molecule has 88 valence electrons. The normalized spacial score (nSPS) is 12.7. The molecule has 2 rings (SSSR count). The molecular formula is C16H17F. The fourth-order valence-corrected chi connectivity index (χ4v) is 2.29. The van der Waals surface area contributed by atoms with Crippen LogP contribution in [0.5, 0.6) is 0 Å². The van der Waals surface area contributed by atoms with Gasteiger partial charge in [0.15, 0.2) is 0 Å². The van der Waals surface area contributed by atoms with Gasteiger partial charge in [-0.05, 0) is 29.2 Å². The van der Waals surface area contributed by atoms with Gasteiger partial charge >= 0.3 is 0 Å². The van der Waals surface area contributed by atoms with Crippen LogP contribution in [-0.2, 0) is 0 Å². The van der Waals surface area contributed by atoms with Gasteiger partial charge in [-0.25, -0.2) is 4.39 Å². The van der Waals surface area contributed by atoms with Crippen molar-refractivity contribution >= 4 is 0 Å². The second-order valence-electron chi connectivity index (χ2n) is 4.68. The number of hydrogen-bond acceptors (Lipinski definition) is 0. The number of rotatable bonds is 3. The minimum absolute atomic E-state index is 0.177. The zero-order valence-electron chi connectivity index (χ0n) is 10.2. The summed E-state index contributed by atoms with van der Waals surface area (Å²) in [6.07, 6.45) is 0. The van der Waals surface area contributed by atoms with E-state index in [0.29, 0.717) is 11.8 Å². The lowest BCUT2D eigenvalue weighted by atomic mass is 9.83. The van der Waals surface area contributed by atoms with Crippen LogP contribution < -0.4 is 0 Å². The van der Waals surface area contributed by atoms with Gasteiger partial charge in [0.1, 0.15) is 5.82 Å². The molecule has 2 aromatic rings. The molecular weight excluding hydrogens is 211 g/mol. The maximum Gasteiger partial charge on any atom is 0.123 e. The quantitative estimate of drug-likeness (QED) is 0.719. The SMILES string of the molecule is CC(C)[C@@H](c1ccccc1)c1ccc(F)cc1. The molecule has 0 aromatic heterocycles. The van der Waals surface area contributed by atoms with Crippen LogP contribution >= 0.6 is 0 Å². The van der Waals surface area contributed by atoms with E-state index in [1.807, 2.05) is 30.3 Å². The minimum Gasteiger partial charge on any atom is -0.207 e. The number of benzene rings is 2. The van der Waals surface area contributed by atoms with Crippen LogP contribution in [0.25, 0.3) is 0 Å². The highest BCUT2D eigenvalue weighted by Crippen LogP contribution is 2.31. The van der Waals surface area contributed by atoms with Crippen LogP contribution in [0, 0.1) is 11.7 Å². The third-order valence-electron chi connectivity index (χ3n) is 3.05. The molecule has 0 saturated carbocycles. The number of hydrogen-bond donors (Lipinski definition) is 0. The second kappa shape index (κ2) is 5.13. The van der Waals surface area contributed by atoms with E-state index in [9.17, 15) is 4.39 Å². The van der Waals surface area contributed by atoms with Crippen molar-refractivity contribution in [2.45, 2.75) is 19.8 Å². The molecule has 0 nitrogen and oxygen atoms in total. The van der Waals surface area contributed by atoms with Gasteiger partial charge in [0.2, 0.25) is 0 Å². The first-order valence-corrected chi connectivity index (χ1v) is 5.99. The molecule has 0 unspecified atom stereocenters. The van der Waals surface area contributed by atoms with Crippen molar-refractivity contribution in [3.63, 3.8) is 0 Å². The van der Waals surface area contributed by atoms with Crippen molar-refractivity contribution in [2.75, 3.05) is 0 Å². The van der Waals surface area contributed by atoms with Crippen LogP contribution in [0.1, 0.15) is 30.9 Å². The minimum atomic E-state index is -0.177. The highest BCUT2D eigenvalue weighted by Gasteiger charge is 2.17. The van der Waals surface area contributed by atoms with E-state index in [-0.39, 0.29) is 5.82 Å². The summed E-state index contributed by atoms with van der Waals surface area (Å²) in [7, 11) is 0. The molecule has 0 radical (unpaired) electrons. The fraction of sp³-hybridized carbons (Fsp3) is 0.250. The average molecular weight is 228 g/mol. The van der Waals surface area contributed by atoms with E-state index in [4.69, 9.17) is 0 Å². The van der Waals surface area contributed by atoms with E-state index in [1.165, 1.54) is 23.3 Å². The smallest absolute Gasteiger partial charge is 0.123 e. The summed E-state index contributed by atoms with van der Waals surface area (Å²) >= 11 is 0. The molecule has 0 amide bonds. The van der Waals surface area contributed by atoms with Crippen LogP contribution in [-0.4, -0.2) is 0 Å². The fourth-order valence-electron chi connectivity index (χ4n) is 2.29. The molecule has 17 heavy (non-hydrogen) atoms. The molecule has 1 heteroatoms. The maximum absolute atomic E-state index is 13.0. The molecule has 0 aliphatic rings. The van der Waals surface area contributed by atoms with E-state index in [0.717, 1.165) is 0 Å². The lowest BCUT2D eigenvalue weighted by molar-refractivity contribution is 0.561. The van der Waals surface area contributed by atoms with Crippen molar-refractivity contribution in [3.8, 4) is 0 Å². The first kappa shape index (κ1) is 11.8. The molecule has 0 spiro atoms. The summed E-state index contributed by atoms with van der Waals surface area (Å²) < 4.78 is 13.0. The molecule has 2 aromatic carbocycles. The average Bonchev–Trinajstić information content (AvgIpc) is 2.33. The Morgan fingerprint density at radius 3 is 1.82 bits per heavy atom. The lowest BCUT2D eigenvalue weighted by Gasteiger charge is -2.22. The largest absolute Gasteiger partial charge is 0.207 e. The van der Waals surface area contributed by atoms with Crippen molar-refractivity contribution in [1.82, 2.24) is 0 Å². The highest BCUT2D eigenvalue weighted by molar-refractivity contribution is 5.33. The summed E-state index contributed by atoms with van der Waals surface area (Å²) in [5.41, 5.74) is 2.46. The van der Waals surface area contributed by atoms with E-state index < -0.39 is 0 Å². The predicted molar refractivity (Wildman–Crippen MR) is 69.5 cm³/mol. The Morgan fingerprint density at radius 1 is 0.765 bits per heavy atom. The Bertz CT molecular complexity index is 457. The van der Waals surface area contributed by atoms with Crippen LogP contribution in [0.2, 0.25) is 0 Å². The Balaban J connectivity index is 2.39. The predicted octanol–water partition coefficient (Wildman–Crippen LogP) is 4.61. The standard InChI is InChI=1S/C16H17F/c1-12(2)16(13-6-4-3-5-7-13)14-8-10-15(17)11-9-14/h3-12,16H,1-2H3/t16-/m0/s1. The zero-order chi connectivity index (χ0) is 12.3. The lowest BCUT2D eigenvalue weighted by Crippen LogP contribution is -2.08. The first-order chi connectivity index (χ1) is 8.18. The van der Waals surface area contributed by atoms with Crippen molar-refractivity contribution in [3.05, 3.63) is 71.5 Å². The van der Waals surface area contributed by atoms with Gasteiger partial charge in [0, 0.05) is 5.92 Å². The van der Waals surface area contributed by atoms with Gasteiger partial charge < -0.3 is 0 Å². The Labute approximate surface area is 102 Å². The summed E-state index contributed by atoms with van der Waals surface area (Å²) in [5.74, 6) is 0.643. The molecule has 0 saturated heterocycles. The van der Waals surface area contributed by atoms with Gasteiger partial charge in [-0.2, -0.15) is 0 Å². The van der Waals surface area contributed by atoms with Gasteiger partial charge in [0.25, 0.3) is 0 Å². The Morgan fingerprint density at radius 2 is 1.29 bits per heavy atom. The molecule has 0 fully saturated rings. The Kier molecular flexibility index (Phi) is 3.58. The molecule has 0 aliphatic carbocycles. The summed E-state index contributed by atoms with van der Waals surface area (Å²) in [6.45, 7) is 4.39. The molecule has 0 heterocycles. The third kappa shape index (κ3) is 2.73. The van der Waals surface area contributed by atoms with Gasteiger partial charge in [0.05, 0.1) is 0 Å². The highest BCUT2D eigenvalue weighted by atomic mass is 19.1. The van der Waals surface area contributed by atoms with Gasteiger partial charge in [-0.1, -0.05) is 56.3 Å². The first-order valence-electron chi connectivity index (χ1n) is 5.99. The van der Waals surface area contributed by atoms with E-state index in [1.54, 1.807) is 0 Å². The molecule has 0 aliphatic heterocycles. The summed E-state index contributed by atoms with van der Waals surface area (Å²) in [6, 6.07) is 17.2.